The Kier molecular flexibility index (Phi) is 6.32. The molecule has 1 aromatic heterocycles. The minimum Gasteiger partial charge on any atom is -0.497 e. The minimum absolute atomic E-state index is 0.283. The van der Waals surface area contributed by atoms with Crippen molar-refractivity contribution in [1.29, 1.82) is 0 Å². The van der Waals surface area contributed by atoms with E-state index in [4.69, 9.17) is 37.8 Å². The Bertz CT molecular complexity index is 1470. The Balaban J connectivity index is 1.63. The molecule has 35 heavy (non-hydrogen) atoms. The van der Waals surface area contributed by atoms with Gasteiger partial charge < -0.3 is 9.47 Å². The Labute approximate surface area is 212 Å². The number of carbonyl (C=O) groups is 1. The molecule has 0 saturated carbocycles. The van der Waals surface area contributed by atoms with Crippen LogP contribution in [0.5, 0.6) is 11.5 Å². The van der Waals surface area contributed by atoms with E-state index in [1.165, 1.54) is 5.01 Å². The second kappa shape index (κ2) is 9.56. The highest BCUT2D eigenvalue weighted by molar-refractivity contribution is 6.34. The molecule has 4 aromatic rings. The summed E-state index contributed by atoms with van der Waals surface area (Å²) in [4.78, 5) is 18.3. The summed E-state index contributed by atoms with van der Waals surface area (Å²) in [6, 6.07) is 21.6. The first-order chi connectivity index (χ1) is 17.0. The third kappa shape index (κ3) is 4.31. The van der Waals surface area contributed by atoms with E-state index in [1.807, 2.05) is 48.5 Å². The van der Waals surface area contributed by atoms with E-state index in [2.05, 4.69) is 4.98 Å². The summed E-state index contributed by atoms with van der Waals surface area (Å²) >= 11 is 13.1. The lowest BCUT2D eigenvalue weighted by Crippen LogP contribution is -2.27. The molecule has 1 aliphatic rings. The highest BCUT2D eigenvalue weighted by Gasteiger charge is 2.36. The summed E-state index contributed by atoms with van der Waals surface area (Å²) < 4.78 is 10.8. The number of rotatable bonds is 5. The van der Waals surface area contributed by atoms with Crippen molar-refractivity contribution in [3.05, 3.63) is 99.7 Å². The summed E-state index contributed by atoms with van der Waals surface area (Å²) in [5.74, 6) is 1.01. The maximum absolute atomic E-state index is 13.7. The Morgan fingerprint density at radius 3 is 2.54 bits per heavy atom. The topological polar surface area (TPSA) is 64.0 Å². The van der Waals surface area contributed by atoms with Crippen LogP contribution >= 0.6 is 23.2 Å². The van der Waals surface area contributed by atoms with Gasteiger partial charge in [-0.15, -0.1) is 0 Å². The molecule has 2 heterocycles. The van der Waals surface area contributed by atoms with Gasteiger partial charge in [0.1, 0.15) is 22.2 Å². The lowest BCUT2D eigenvalue weighted by atomic mass is 9.98. The number of hydrazone groups is 1. The van der Waals surface area contributed by atoms with Gasteiger partial charge in [0.05, 0.1) is 36.6 Å². The lowest BCUT2D eigenvalue weighted by Gasteiger charge is -2.23. The van der Waals surface area contributed by atoms with Crippen LogP contribution < -0.4 is 9.47 Å². The van der Waals surface area contributed by atoms with E-state index in [0.29, 0.717) is 39.6 Å². The van der Waals surface area contributed by atoms with E-state index in [9.17, 15) is 4.79 Å². The second-order valence-corrected chi connectivity index (χ2v) is 8.79. The van der Waals surface area contributed by atoms with Crippen LogP contribution in [-0.4, -0.2) is 35.8 Å². The Morgan fingerprint density at radius 1 is 0.971 bits per heavy atom. The van der Waals surface area contributed by atoms with Crippen LogP contribution in [0.1, 0.15) is 33.9 Å². The first-order valence-corrected chi connectivity index (χ1v) is 11.7. The van der Waals surface area contributed by atoms with Crippen LogP contribution in [0, 0.1) is 0 Å². The second-order valence-electron chi connectivity index (χ2n) is 8.03. The average Bonchev–Trinajstić information content (AvgIpc) is 3.33. The molecule has 6 nitrogen and oxygen atoms in total. The maximum Gasteiger partial charge on any atom is 0.276 e. The molecule has 0 bridgehead atoms. The highest BCUT2D eigenvalue weighted by Crippen LogP contribution is 2.39. The van der Waals surface area contributed by atoms with Gasteiger partial charge >= 0.3 is 0 Å². The van der Waals surface area contributed by atoms with E-state index >= 15 is 0 Å². The smallest absolute Gasteiger partial charge is 0.276 e. The first kappa shape index (κ1) is 23.1. The number of nitrogens with zero attached hydrogens (tertiary/aromatic N) is 3. The van der Waals surface area contributed by atoms with Crippen LogP contribution in [-0.2, 0) is 0 Å². The molecule has 3 aromatic carbocycles. The quantitative estimate of drug-likeness (QED) is 0.288. The standard InChI is InChI=1S/C27H21Cl2N3O3/c1-34-18-9-5-7-16(13-18)22-15-23(32(31-22)27(33)19-10-3-4-11-21(19)28)20-14-17-8-6-12-24(35-2)25(17)30-26(20)29/h3-14,23H,15H2,1-2H3/t23-/m0/s1. The van der Waals surface area contributed by atoms with E-state index in [0.717, 1.165) is 16.7 Å². The molecule has 0 saturated heterocycles. The Hall–Kier alpha value is -3.61. The molecule has 0 spiro atoms. The summed E-state index contributed by atoms with van der Waals surface area (Å²) in [5, 5.41) is 7.68. The third-order valence-electron chi connectivity index (χ3n) is 5.99. The number of amides is 1. The lowest BCUT2D eigenvalue weighted by molar-refractivity contribution is 0.0711. The van der Waals surface area contributed by atoms with Crippen molar-refractivity contribution in [3.63, 3.8) is 0 Å². The van der Waals surface area contributed by atoms with Crippen molar-refractivity contribution in [2.75, 3.05) is 14.2 Å². The maximum atomic E-state index is 13.7. The highest BCUT2D eigenvalue weighted by atomic mass is 35.5. The number of fused-ring (bicyclic) bond motifs is 1. The van der Waals surface area contributed by atoms with Crippen molar-refractivity contribution in [2.45, 2.75) is 12.5 Å². The molecule has 0 fully saturated rings. The van der Waals surface area contributed by atoms with Gasteiger partial charge in [-0.2, -0.15) is 5.10 Å². The normalized spacial score (nSPS) is 15.3. The van der Waals surface area contributed by atoms with Gasteiger partial charge in [-0.1, -0.05) is 59.6 Å². The van der Waals surface area contributed by atoms with Gasteiger partial charge in [-0.25, -0.2) is 9.99 Å². The van der Waals surface area contributed by atoms with Gasteiger partial charge in [0.2, 0.25) is 0 Å². The van der Waals surface area contributed by atoms with Crippen LogP contribution in [0.25, 0.3) is 10.9 Å². The van der Waals surface area contributed by atoms with E-state index in [-0.39, 0.29) is 11.1 Å². The van der Waals surface area contributed by atoms with Gasteiger partial charge in [-0.05, 0) is 36.4 Å². The van der Waals surface area contributed by atoms with Crippen LogP contribution in [0.2, 0.25) is 10.2 Å². The van der Waals surface area contributed by atoms with Crippen molar-refractivity contribution >= 4 is 45.7 Å². The average molecular weight is 506 g/mol. The molecule has 0 aliphatic carbocycles. The van der Waals surface area contributed by atoms with Gasteiger partial charge in [0.25, 0.3) is 5.91 Å². The zero-order valence-electron chi connectivity index (χ0n) is 19.0. The van der Waals surface area contributed by atoms with Crippen LogP contribution in [0.15, 0.2) is 77.9 Å². The summed E-state index contributed by atoms with van der Waals surface area (Å²) in [5.41, 5.74) is 3.29. The molecule has 5 rings (SSSR count). The Morgan fingerprint density at radius 2 is 1.77 bits per heavy atom. The number of hydrogen-bond acceptors (Lipinski definition) is 5. The molecular formula is C27H21Cl2N3O3. The molecule has 176 valence electrons. The molecule has 1 atom stereocenters. The molecular weight excluding hydrogens is 485 g/mol. The predicted octanol–water partition coefficient (Wildman–Crippen LogP) is 6.55. The minimum atomic E-state index is -0.476. The van der Waals surface area contributed by atoms with Crippen molar-refractivity contribution < 1.29 is 14.3 Å². The van der Waals surface area contributed by atoms with Gasteiger partial charge in [-0.3, -0.25) is 4.79 Å². The third-order valence-corrected chi connectivity index (χ3v) is 6.63. The summed E-state index contributed by atoms with van der Waals surface area (Å²) in [6.07, 6.45) is 0.445. The van der Waals surface area contributed by atoms with Gasteiger partial charge in [0.15, 0.2) is 0 Å². The zero-order valence-corrected chi connectivity index (χ0v) is 20.5. The summed E-state index contributed by atoms with van der Waals surface area (Å²) in [7, 11) is 3.20. The number of carbonyl (C=O) groups excluding carboxylic acids is 1. The van der Waals surface area contributed by atoms with Crippen LogP contribution in [0.3, 0.4) is 0 Å². The van der Waals surface area contributed by atoms with Gasteiger partial charge in [0, 0.05) is 22.9 Å². The largest absolute Gasteiger partial charge is 0.497 e. The van der Waals surface area contributed by atoms with Crippen molar-refractivity contribution in [1.82, 2.24) is 9.99 Å². The monoisotopic (exact) mass is 505 g/mol. The SMILES string of the molecule is COc1cccc(C2=NN(C(=O)c3ccccc3Cl)[C@H](c3cc4cccc(OC)c4nc3Cl)C2)c1. The zero-order chi connectivity index (χ0) is 24.5. The molecule has 0 radical (unpaired) electrons. The van der Waals surface area contributed by atoms with Crippen molar-refractivity contribution in [3.8, 4) is 11.5 Å². The number of para-hydroxylation sites is 1. The predicted molar refractivity (Wildman–Crippen MR) is 138 cm³/mol. The number of aromatic nitrogens is 1. The molecule has 1 amide bonds. The fourth-order valence-electron chi connectivity index (χ4n) is 4.24. The number of methoxy groups -OCH3 is 2. The van der Waals surface area contributed by atoms with E-state index < -0.39 is 6.04 Å². The fraction of sp³-hybridized carbons (Fsp3) is 0.148. The number of ether oxygens (including phenoxy) is 2. The number of hydrogen-bond donors (Lipinski definition) is 0. The molecule has 0 N–H and O–H groups in total. The van der Waals surface area contributed by atoms with E-state index in [1.54, 1.807) is 38.5 Å². The molecule has 1 aliphatic heterocycles. The first-order valence-electron chi connectivity index (χ1n) is 10.9. The van der Waals surface area contributed by atoms with Crippen molar-refractivity contribution in [2.24, 2.45) is 5.10 Å². The summed E-state index contributed by atoms with van der Waals surface area (Å²) in [6.45, 7) is 0. The molecule has 8 heteroatoms. The number of halogens is 2. The number of pyridine rings is 1. The molecule has 0 unspecified atom stereocenters. The fourth-order valence-corrected chi connectivity index (χ4v) is 4.72. The van der Waals surface area contributed by atoms with Crippen LogP contribution in [0.4, 0.5) is 0 Å². The number of benzene rings is 3.